The number of esters is 1. The lowest BCUT2D eigenvalue weighted by molar-refractivity contribution is 0.0600. The van der Waals surface area contributed by atoms with Gasteiger partial charge in [-0.15, -0.1) is 0 Å². The summed E-state index contributed by atoms with van der Waals surface area (Å²) in [6.45, 7) is 3.91. The van der Waals surface area contributed by atoms with Crippen LogP contribution in [-0.2, 0) is 17.8 Å². The van der Waals surface area contributed by atoms with Crippen molar-refractivity contribution in [1.29, 1.82) is 0 Å². The number of ketones is 1. The summed E-state index contributed by atoms with van der Waals surface area (Å²) in [5.41, 5.74) is 5.04. The standard InChI is InChI=1S/C27H23NO5/c1-17-3-5-19(6-4-17)14-28-15-22-23(32-16-28)12-11-21-25(29)24(33-26(21)22)13-18-7-9-20(10-8-18)27(30)31-2/h3-13H,14-16H2,1-2H3/b24-13-. The summed E-state index contributed by atoms with van der Waals surface area (Å²) in [6, 6.07) is 18.8. The number of rotatable bonds is 4. The normalized spacial score (nSPS) is 16.1. The highest BCUT2D eigenvalue weighted by Crippen LogP contribution is 2.42. The molecular weight excluding hydrogens is 418 g/mol. The third-order valence-corrected chi connectivity index (χ3v) is 5.84. The number of aryl methyl sites for hydroxylation is 1. The molecule has 33 heavy (non-hydrogen) atoms. The molecule has 3 aromatic rings. The number of allylic oxidation sites excluding steroid dienone is 1. The number of hydrogen-bond donors (Lipinski definition) is 0. The van der Waals surface area contributed by atoms with E-state index in [4.69, 9.17) is 14.2 Å². The average Bonchev–Trinajstić information content (AvgIpc) is 3.16. The van der Waals surface area contributed by atoms with Gasteiger partial charge in [-0.1, -0.05) is 42.0 Å². The number of Topliss-reactive ketones (excluding diaryl/α,β-unsaturated/α-hetero) is 1. The fourth-order valence-electron chi connectivity index (χ4n) is 4.04. The molecule has 5 rings (SSSR count). The molecule has 0 fully saturated rings. The van der Waals surface area contributed by atoms with Crippen LogP contribution in [0.15, 0.2) is 66.4 Å². The van der Waals surface area contributed by atoms with E-state index in [-0.39, 0.29) is 11.5 Å². The molecule has 0 radical (unpaired) electrons. The Morgan fingerprint density at radius 3 is 2.55 bits per heavy atom. The second-order valence-corrected chi connectivity index (χ2v) is 8.22. The van der Waals surface area contributed by atoms with Crippen LogP contribution in [0.3, 0.4) is 0 Å². The third-order valence-electron chi connectivity index (χ3n) is 5.84. The molecule has 0 aliphatic carbocycles. The van der Waals surface area contributed by atoms with E-state index >= 15 is 0 Å². The molecule has 0 aromatic heterocycles. The molecule has 0 spiro atoms. The first-order chi connectivity index (χ1) is 16.0. The minimum absolute atomic E-state index is 0.166. The monoisotopic (exact) mass is 441 g/mol. The molecule has 2 aliphatic heterocycles. The number of ether oxygens (including phenoxy) is 3. The summed E-state index contributed by atoms with van der Waals surface area (Å²) in [7, 11) is 1.34. The van der Waals surface area contributed by atoms with E-state index in [9.17, 15) is 9.59 Å². The summed E-state index contributed by atoms with van der Waals surface area (Å²) in [5.74, 6) is 0.978. The molecule has 0 saturated carbocycles. The number of benzene rings is 3. The smallest absolute Gasteiger partial charge is 0.337 e. The van der Waals surface area contributed by atoms with Crippen molar-refractivity contribution in [3.05, 3.63) is 99.8 Å². The summed E-state index contributed by atoms with van der Waals surface area (Å²) < 4.78 is 16.7. The molecule has 166 valence electrons. The van der Waals surface area contributed by atoms with Crippen molar-refractivity contribution in [3.63, 3.8) is 0 Å². The van der Waals surface area contributed by atoms with Crippen LogP contribution in [0.25, 0.3) is 6.08 Å². The first-order valence-electron chi connectivity index (χ1n) is 10.7. The van der Waals surface area contributed by atoms with Gasteiger partial charge in [0.1, 0.15) is 18.2 Å². The minimum atomic E-state index is -0.406. The largest absolute Gasteiger partial charge is 0.478 e. The molecule has 6 heteroatoms. The lowest BCUT2D eigenvalue weighted by Gasteiger charge is -2.29. The topological polar surface area (TPSA) is 65.1 Å². The summed E-state index contributed by atoms with van der Waals surface area (Å²) >= 11 is 0. The Hall–Kier alpha value is -3.90. The van der Waals surface area contributed by atoms with Gasteiger partial charge < -0.3 is 14.2 Å². The SMILES string of the molecule is COC(=O)c1ccc(/C=C2\Oc3c(ccc4c3CN(Cc3ccc(C)cc3)CO4)C2=O)cc1. The Bertz CT molecular complexity index is 1260. The highest BCUT2D eigenvalue weighted by Gasteiger charge is 2.33. The molecule has 0 bridgehead atoms. The van der Waals surface area contributed by atoms with Crippen molar-refractivity contribution in [2.24, 2.45) is 0 Å². The molecule has 2 aliphatic rings. The number of carbonyl (C=O) groups excluding carboxylic acids is 2. The number of carbonyl (C=O) groups is 2. The van der Waals surface area contributed by atoms with E-state index in [1.807, 2.05) is 6.07 Å². The van der Waals surface area contributed by atoms with Crippen molar-refractivity contribution < 1.29 is 23.8 Å². The van der Waals surface area contributed by atoms with Crippen molar-refractivity contribution in [2.75, 3.05) is 13.8 Å². The maximum atomic E-state index is 13.0. The predicted molar refractivity (Wildman–Crippen MR) is 123 cm³/mol. The van der Waals surface area contributed by atoms with Gasteiger partial charge in [0.05, 0.1) is 23.8 Å². The molecule has 0 saturated heterocycles. The van der Waals surface area contributed by atoms with Crippen molar-refractivity contribution in [3.8, 4) is 11.5 Å². The Morgan fingerprint density at radius 2 is 1.82 bits per heavy atom. The van der Waals surface area contributed by atoms with E-state index in [1.165, 1.54) is 18.2 Å². The molecule has 2 heterocycles. The van der Waals surface area contributed by atoms with Crippen LogP contribution in [0.2, 0.25) is 0 Å². The van der Waals surface area contributed by atoms with Crippen molar-refractivity contribution >= 4 is 17.8 Å². The van der Waals surface area contributed by atoms with Gasteiger partial charge in [-0.2, -0.15) is 0 Å². The molecule has 0 N–H and O–H groups in total. The number of methoxy groups -OCH3 is 1. The van der Waals surface area contributed by atoms with Gasteiger partial charge in [-0.05, 0) is 48.4 Å². The van der Waals surface area contributed by atoms with Gasteiger partial charge >= 0.3 is 5.97 Å². The van der Waals surface area contributed by atoms with E-state index in [1.54, 1.807) is 36.4 Å². The zero-order valence-electron chi connectivity index (χ0n) is 18.5. The van der Waals surface area contributed by atoms with Crippen LogP contribution in [0, 0.1) is 6.92 Å². The van der Waals surface area contributed by atoms with Gasteiger partial charge in [0.15, 0.2) is 5.76 Å². The molecule has 3 aromatic carbocycles. The quantitative estimate of drug-likeness (QED) is 0.430. The third kappa shape index (κ3) is 4.13. The average molecular weight is 441 g/mol. The maximum Gasteiger partial charge on any atom is 0.337 e. The number of hydrogen-bond acceptors (Lipinski definition) is 6. The van der Waals surface area contributed by atoms with E-state index in [2.05, 4.69) is 36.1 Å². The molecule has 0 atom stereocenters. The zero-order chi connectivity index (χ0) is 22.9. The fourth-order valence-corrected chi connectivity index (χ4v) is 4.04. The van der Waals surface area contributed by atoms with Crippen molar-refractivity contribution in [2.45, 2.75) is 20.0 Å². The second-order valence-electron chi connectivity index (χ2n) is 8.22. The summed E-state index contributed by atoms with van der Waals surface area (Å²) in [4.78, 5) is 26.8. The van der Waals surface area contributed by atoms with Crippen LogP contribution < -0.4 is 9.47 Å². The van der Waals surface area contributed by atoms with E-state index in [0.717, 1.165) is 23.4 Å². The van der Waals surface area contributed by atoms with Crippen LogP contribution in [0.4, 0.5) is 0 Å². The molecule has 6 nitrogen and oxygen atoms in total. The first kappa shape index (κ1) is 21.0. The van der Waals surface area contributed by atoms with E-state index in [0.29, 0.717) is 30.2 Å². The Kier molecular flexibility index (Phi) is 5.44. The number of fused-ring (bicyclic) bond motifs is 3. The molecular formula is C27H23NO5. The van der Waals surface area contributed by atoms with Gasteiger partial charge in [0.2, 0.25) is 5.78 Å². The highest BCUT2D eigenvalue weighted by atomic mass is 16.5. The predicted octanol–water partition coefficient (Wildman–Crippen LogP) is 4.75. The van der Waals surface area contributed by atoms with Crippen LogP contribution in [0.5, 0.6) is 11.5 Å². The van der Waals surface area contributed by atoms with Gasteiger partial charge in [0, 0.05) is 13.1 Å². The van der Waals surface area contributed by atoms with Crippen molar-refractivity contribution in [1.82, 2.24) is 4.90 Å². The van der Waals surface area contributed by atoms with Gasteiger partial charge in [-0.25, -0.2) is 4.79 Å². The van der Waals surface area contributed by atoms with Gasteiger partial charge in [0.25, 0.3) is 0 Å². The molecule has 0 unspecified atom stereocenters. The second kappa shape index (κ2) is 8.56. The fraction of sp³-hybridized carbons (Fsp3) is 0.185. The Labute approximate surface area is 192 Å². The first-order valence-corrected chi connectivity index (χ1v) is 10.7. The van der Waals surface area contributed by atoms with Crippen LogP contribution in [-0.4, -0.2) is 30.5 Å². The minimum Gasteiger partial charge on any atom is -0.478 e. The highest BCUT2D eigenvalue weighted by molar-refractivity contribution is 6.15. The summed E-state index contributed by atoms with van der Waals surface area (Å²) in [5, 5.41) is 0. The Morgan fingerprint density at radius 1 is 1.06 bits per heavy atom. The zero-order valence-corrected chi connectivity index (χ0v) is 18.5. The summed E-state index contributed by atoms with van der Waals surface area (Å²) in [6.07, 6.45) is 1.68. The van der Waals surface area contributed by atoms with Crippen LogP contribution >= 0.6 is 0 Å². The lowest BCUT2D eigenvalue weighted by atomic mass is 10.0. The maximum absolute atomic E-state index is 13.0. The lowest BCUT2D eigenvalue weighted by Crippen LogP contribution is -2.31. The van der Waals surface area contributed by atoms with Gasteiger partial charge in [-0.3, -0.25) is 9.69 Å². The molecule has 0 amide bonds. The number of nitrogens with zero attached hydrogens (tertiary/aromatic N) is 1. The van der Waals surface area contributed by atoms with E-state index < -0.39 is 5.97 Å². The van der Waals surface area contributed by atoms with Crippen LogP contribution in [0.1, 0.15) is 43.0 Å². The Balaban J connectivity index is 1.38.